The Morgan fingerprint density at radius 1 is 1.11 bits per heavy atom. The molecule has 2 fully saturated rings. The van der Waals surface area contributed by atoms with Crippen molar-refractivity contribution in [3.8, 4) is 0 Å². The van der Waals surface area contributed by atoms with Gasteiger partial charge in [-0.25, -0.2) is 4.79 Å². The number of hydrogen-bond acceptors (Lipinski definition) is 4. The number of nitrogens with one attached hydrogen (secondary N) is 1. The standard InChI is InChI=1S/C27H40F3N3O3/c1-17(2)13-23(36-25(35)32(6)26(3,4)5)24(34)31-22-12-9-19-15-33(16-21(19)22)14-18-7-10-20(11-8-18)27(28,29)30/h7-8,10-11,17,19,21-23H,9,12-16H2,1-6H3,(H,31,34)/t19-,21+,22+,23+/m1/s1. The van der Waals surface area contributed by atoms with Crippen molar-refractivity contribution in [2.75, 3.05) is 20.1 Å². The summed E-state index contributed by atoms with van der Waals surface area (Å²) in [5.41, 5.74) is -0.220. The van der Waals surface area contributed by atoms with Gasteiger partial charge in [-0.2, -0.15) is 13.2 Å². The third kappa shape index (κ3) is 7.14. The molecule has 2 amide bonds. The lowest BCUT2D eigenvalue weighted by Crippen LogP contribution is -2.49. The number of halogens is 3. The van der Waals surface area contributed by atoms with Crippen molar-refractivity contribution in [3.63, 3.8) is 0 Å². The number of likely N-dealkylation sites (tertiary alicyclic amines) is 1. The van der Waals surface area contributed by atoms with E-state index < -0.39 is 29.5 Å². The number of fused-ring (bicyclic) bond motifs is 1. The van der Waals surface area contributed by atoms with Gasteiger partial charge in [-0.05, 0) is 75.5 Å². The first-order valence-electron chi connectivity index (χ1n) is 12.8. The molecule has 1 aliphatic carbocycles. The second-order valence-corrected chi connectivity index (χ2v) is 11.7. The molecular weight excluding hydrogens is 471 g/mol. The maximum Gasteiger partial charge on any atom is 0.416 e. The highest BCUT2D eigenvalue weighted by molar-refractivity contribution is 5.83. The summed E-state index contributed by atoms with van der Waals surface area (Å²) in [6.07, 6.45) is -3.41. The van der Waals surface area contributed by atoms with Crippen molar-refractivity contribution in [1.29, 1.82) is 0 Å². The number of ether oxygens (including phenoxy) is 1. The van der Waals surface area contributed by atoms with Gasteiger partial charge in [0.05, 0.1) is 5.56 Å². The molecule has 202 valence electrons. The van der Waals surface area contributed by atoms with Gasteiger partial charge in [0.2, 0.25) is 0 Å². The zero-order valence-corrected chi connectivity index (χ0v) is 22.2. The molecule has 1 N–H and O–H groups in total. The molecule has 0 radical (unpaired) electrons. The Kier molecular flexibility index (Phi) is 8.63. The first-order valence-corrected chi connectivity index (χ1v) is 12.8. The van der Waals surface area contributed by atoms with Crippen molar-refractivity contribution in [2.24, 2.45) is 17.8 Å². The van der Waals surface area contributed by atoms with Gasteiger partial charge in [-0.3, -0.25) is 9.69 Å². The number of amides is 2. The monoisotopic (exact) mass is 511 g/mol. The topological polar surface area (TPSA) is 61.9 Å². The summed E-state index contributed by atoms with van der Waals surface area (Å²) in [7, 11) is 1.66. The Bertz CT molecular complexity index is 912. The fourth-order valence-corrected chi connectivity index (χ4v) is 5.11. The Morgan fingerprint density at radius 3 is 2.31 bits per heavy atom. The third-order valence-corrected chi connectivity index (χ3v) is 7.45. The minimum absolute atomic E-state index is 0.00573. The molecule has 0 bridgehead atoms. The first kappa shape index (κ1) is 28.3. The normalized spacial score (nSPS) is 23.4. The zero-order chi connectivity index (χ0) is 26.8. The Balaban J connectivity index is 1.59. The van der Waals surface area contributed by atoms with E-state index in [1.54, 1.807) is 7.05 Å². The zero-order valence-electron chi connectivity index (χ0n) is 22.2. The molecule has 1 saturated heterocycles. The van der Waals surface area contributed by atoms with Crippen LogP contribution in [0.3, 0.4) is 0 Å². The van der Waals surface area contributed by atoms with Crippen LogP contribution in [0.4, 0.5) is 18.0 Å². The van der Waals surface area contributed by atoms with Crippen LogP contribution in [-0.2, 0) is 22.3 Å². The Morgan fingerprint density at radius 2 is 1.75 bits per heavy atom. The molecule has 2 aliphatic rings. The van der Waals surface area contributed by atoms with Gasteiger partial charge in [-0.15, -0.1) is 0 Å². The van der Waals surface area contributed by atoms with Crippen molar-refractivity contribution < 1.29 is 27.5 Å². The first-order chi connectivity index (χ1) is 16.6. The summed E-state index contributed by atoms with van der Waals surface area (Å²) in [5.74, 6) is 0.626. The van der Waals surface area contributed by atoms with Crippen LogP contribution in [0.2, 0.25) is 0 Å². The van der Waals surface area contributed by atoms with Crippen LogP contribution in [0.1, 0.15) is 65.0 Å². The smallest absolute Gasteiger partial charge is 0.416 e. The van der Waals surface area contributed by atoms with Gasteiger partial charge in [-0.1, -0.05) is 26.0 Å². The summed E-state index contributed by atoms with van der Waals surface area (Å²) >= 11 is 0. The van der Waals surface area contributed by atoms with Gasteiger partial charge in [0.1, 0.15) is 0 Å². The molecule has 4 atom stereocenters. The molecule has 6 nitrogen and oxygen atoms in total. The molecule has 1 aliphatic heterocycles. The predicted molar refractivity (Wildman–Crippen MR) is 132 cm³/mol. The summed E-state index contributed by atoms with van der Waals surface area (Å²) in [6, 6.07) is 5.32. The number of hydrogen-bond donors (Lipinski definition) is 1. The largest absolute Gasteiger partial charge is 0.436 e. The summed E-state index contributed by atoms with van der Waals surface area (Å²) in [5, 5.41) is 3.16. The van der Waals surface area contributed by atoms with E-state index in [2.05, 4.69) is 10.2 Å². The van der Waals surface area contributed by atoms with Crippen molar-refractivity contribution in [3.05, 3.63) is 35.4 Å². The van der Waals surface area contributed by atoms with Crippen molar-refractivity contribution in [2.45, 2.75) is 84.3 Å². The second kappa shape index (κ2) is 11.0. The molecule has 9 heteroatoms. The highest BCUT2D eigenvalue weighted by Crippen LogP contribution is 2.39. The SMILES string of the molecule is CC(C)C[C@H](OC(=O)N(C)C(C)(C)C)C(=O)N[C@H]1CC[C@@H]2CN(Cc3ccc(C(F)(F)F)cc3)C[C@@H]21. The number of carbonyl (C=O) groups excluding carboxylic acids is 2. The molecule has 3 rings (SSSR count). The fraction of sp³-hybridized carbons (Fsp3) is 0.704. The summed E-state index contributed by atoms with van der Waals surface area (Å²) < 4.78 is 44.2. The second-order valence-electron chi connectivity index (χ2n) is 11.7. The molecule has 0 aromatic heterocycles. The number of alkyl halides is 3. The van der Waals surface area contributed by atoms with Crippen LogP contribution in [0.25, 0.3) is 0 Å². The summed E-state index contributed by atoms with van der Waals surface area (Å²) in [4.78, 5) is 29.6. The molecule has 1 heterocycles. The van der Waals surface area contributed by atoms with Gasteiger partial charge in [0.15, 0.2) is 6.10 Å². The van der Waals surface area contributed by atoms with Gasteiger partial charge in [0.25, 0.3) is 5.91 Å². The lowest BCUT2D eigenvalue weighted by Gasteiger charge is -2.33. The number of rotatable bonds is 7. The Labute approximate surface area is 212 Å². The molecule has 0 spiro atoms. The number of nitrogens with zero attached hydrogens (tertiary/aromatic N) is 2. The maximum atomic E-state index is 13.2. The van der Waals surface area contributed by atoms with E-state index >= 15 is 0 Å². The molecule has 36 heavy (non-hydrogen) atoms. The fourth-order valence-electron chi connectivity index (χ4n) is 5.11. The molecule has 1 aromatic rings. The van der Waals surface area contributed by atoms with Crippen LogP contribution < -0.4 is 5.32 Å². The van der Waals surface area contributed by atoms with Gasteiger partial charge < -0.3 is 15.0 Å². The van der Waals surface area contributed by atoms with E-state index in [0.717, 1.165) is 43.6 Å². The van der Waals surface area contributed by atoms with E-state index in [9.17, 15) is 22.8 Å². The minimum atomic E-state index is -4.33. The average molecular weight is 512 g/mol. The van der Waals surface area contributed by atoms with Crippen LogP contribution in [0, 0.1) is 17.8 Å². The van der Waals surface area contributed by atoms with Gasteiger partial charge in [0, 0.05) is 38.3 Å². The highest BCUT2D eigenvalue weighted by Gasteiger charge is 2.44. The van der Waals surface area contributed by atoms with Crippen molar-refractivity contribution >= 4 is 12.0 Å². The number of benzene rings is 1. The minimum Gasteiger partial charge on any atom is -0.436 e. The van der Waals surface area contributed by atoms with E-state index in [1.165, 1.54) is 17.0 Å². The van der Waals surface area contributed by atoms with Crippen LogP contribution in [0.15, 0.2) is 24.3 Å². The lowest BCUT2D eigenvalue weighted by molar-refractivity contribution is -0.137. The predicted octanol–water partition coefficient (Wildman–Crippen LogP) is 5.31. The number of carbonyl (C=O) groups is 2. The van der Waals surface area contributed by atoms with E-state index in [1.807, 2.05) is 34.6 Å². The lowest BCUT2D eigenvalue weighted by atomic mass is 9.97. The quantitative estimate of drug-likeness (QED) is 0.539. The third-order valence-electron chi connectivity index (χ3n) is 7.45. The van der Waals surface area contributed by atoms with Gasteiger partial charge >= 0.3 is 12.3 Å². The van der Waals surface area contributed by atoms with Crippen LogP contribution >= 0.6 is 0 Å². The molecular formula is C27H40F3N3O3. The average Bonchev–Trinajstić information content (AvgIpc) is 3.32. The Hall–Kier alpha value is -2.29. The van der Waals surface area contributed by atoms with Crippen LogP contribution in [-0.4, -0.2) is 59.6 Å². The maximum absolute atomic E-state index is 13.2. The van der Waals surface area contributed by atoms with Crippen molar-refractivity contribution in [1.82, 2.24) is 15.1 Å². The van der Waals surface area contributed by atoms with E-state index in [0.29, 0.717) is 18.9 Å². The molecule has 1 saturated carbocycles. The van der Waals surface area contributed by atoms with E-state index in [4.69, 9.17) is 4.74 Å². The summed E-state index contributed by atoms with van der Waals surface area (Å²) in [6.45, 7) is 11.9. The highest BCUT2D eigenvalue weighted by atomic mass is 19.4. The van der Waals surface area contributed by atoms with Crippen LogP contribution in [0.5, 0.6) is 0 Å². The molecule has 1 aromatic carbocycles. The van der Waals surface area contributed by atoms with E-state index in [-0.39, 0.29) is 23.8 Å². The molecule has 0 unspecified atom stereocenters.